The second-order valence-corrected chi connectivity index (χ2v) is 7.76. The normalized spacial score (nSPS) is 16.7. The first-order valence-electron chi connectivity index (χ1n) is 10.1. The summed E-state index contributed by atoms with van der Waals surface area (Å²) in [7, 11) is 0. The number of aryl methyl sites for hydroxylation is 3. The molecule has 3 aromatic rings. The first-order chi connectivity index (χ1) is 14.0. The fraction of sp³-hybridized carbons (Fsp3) is 0.348. The number of aromatic nitrogens is 2. The number of nitrogens with one attached hydrogen (secondary N) is 1. The molecule has 150 valence electrons. The Hall–Kier alpha value is -3.15. The van der Waals surface area contributed by atoms with E-state index in [2.05, 4.69) is 22.4 Å². The molecule has 2 aromatic carbocycles. The van der Waals surface area contributed by atoms with Crippen LogP contribution in [0.5, 0.6) is 0 Å². The Balaban J connectivity index is 1.54. The number of piperidine rings is 1. The van der Waals surface area contributed by atoms with Crippen molar-refractivity contribution >= 4 is 11.7 Å². The van der Waals surface area contributed by atoms with Gasteiger partial charge in [0.2, 0.25) is 11.7 Å². The van der Waals surface area contributed by atoms with Crippen molar-refractivity contribution in [3.63, 3.8) is 0 Å². The Labute approximate surface area is 170 Å². The number of carbonyl (C=O) groups excluding carboxylic acids is 1. The van der Waals surface area contributed by atoms with Crippen LogP contribution in [0.4, 0.5) is 10.5 Å². The number of hydrogen-bond acceptors (Lipinski definition) is 4. The first kappa shape index (κ1) is 19.2. The van der Waals surface area contributed by atoms with E-state index in [1.165, 1.54) is 5.56 Å². The molecule has 2 amide bonds. The highest BCUT2D eigenvalue weighted by molar-refractivity contribution is 5.89. The van der Waals surface area contributed by atoms with Crippen molar-refractivity contribution < 1.29 is 9.32 Å². The molecule has 1 fully saturated rings. The van der Waals surface area contributed by atoms with E-state index in [-0.39, 0.29) is 12.1 Å². The van der Waals surface area contributed by atoms with Gasteiger partial charge in [0.05, 0.1) is 0 Å². The summed E-state index contributed by atoms with van der Waals surface area (Å²) in [5.74, 6) is 1.06. The third kappa shape index (κ3) is 4.16. The molecule has 0 radical (unpaired) electrons. The van der Waals surface area contributed by atoms with E-state index in [4.69, 9.17) is 4.52 Å². The van der Waals surface area contributed by atoms with E-state index in [0.29, 0.717) is 18.3 Å². The predicted molar refractivity (Wildman–Crippen MR) is 113 cm³/mol. The molecular weight excluding hydrogens is 364 g/mol. The number of urea groups is 1. The number of carbonyl (C=O) groups is 1. The lowest BCUT2D eigenvalue weighted by Gasteiger charge is -2.33. The molecule has 4 rings (SSSR count). The molecule has 1 aliphatic rings. The maximum absolute atomic E-state index is 13.0. The Morgan fingerprint density at radius 1 is 1.10 bits per heavy atom. The van der Waals surface area contributed by atoms with Crippen molar-refractivity contribution in [2.45, 2.75) is 46.1 Å². The third-order valence-electron chi connectivity index (χ3n) is 5.52. The molecule has 0 saturated carbocycles. The number of likely N-dealkylation sites (tertiary alicyclic amines) is 1. The molecule has 6 heteroatoms. The number of anilines is 1. The Morgan fingerprint density at radius 3 is 2.76 bits per heavy atom. The molecule has 6 nitrogen and oxygen atoms in total. The standard InChI is InChI=1S/C23H26N4O2/c1-15-7-6-8-18(13-15)21-25-22(29-26-21)20-9-4-5-12-27(20)23(28)24-19-11-10-16(2)17(3)14-19/h6-8,10-11,13-14,20H,4-5,9,12H2,1-3H3,(H,24,28). The molecule has 0 bridgehead atoms. The van der Waals surface area contributed by atoms with Crippen LogP contribution in [0, 0.1) is 20.8 Å². The van der Waals surface area contributed by atoms with E-state index < -0.39 is 0 Å². The second kappa shape index (κ2) is 8.07. The topological polar surface area (TPSA) is 71.3 Å². The van der Waals surface area contributed by atoms with E-state index in [9.17, 15) is 4.79 Å². The van der Waals surface area contributed by atoms with Crippen LogP contribution in [0.1, 0.15) is 47.9 Å². The van der Waals surface area contributed by atoms with Gasteiger partial charge in [-0.1, -0.05) is 35.0 Å². The van der Waals surface area contributed by atoms with Gasteiger partial charge in [0, 0.05) is 17.8 Å². The molecule has 0 spiro atoms. The average molecular weight is 390 g/mol. The molecule has 1 N–H and O–H groups in total. The average Bonchev–Trinajstić information content (AvgIpc) is 3.21. The molecule has 1 aliphatic heterocycles. The SMILES string of the molecule is Cc1cccc(-c2noc(C3CCCCN3C(=O)Nc3ccc(C)c(C)c3)n2)c1. The second-order valence-electron chi connectivity index (χ2n) is 7.76. The Morgan fingerprint density at radius 2 is 1.97 bits per heavy atom. The monoisotopic (exact) mass is 390 g/mol. The molecule has 2 heterocycles. The fourth-order valence-electron chi connectivity index (χ4n) is 3.72. The van der Waals surface area contributed by atoms with Crippen LogP contribution in [0.2, 0.25) is 0 Å². The van der Waals surface area contributed by atoms with Crippen LogP contribution in [0.15, 0.2) is 47.0 Å². The predicted octanol–water partition coefficient (Wildman–Crippen LogP) is 5.42. The summed E-state index contributed by atoms with van der Waals surface area (Å²) >= 11 is 0. The van der Waals surface area contributed by atoms with E-state index in [1.54, 1.807) is 0 Å². The Bertz CT molecular complexity index is 1030. The van der Waals surface area contributed by atoms with Crippen molar-refractivity contribution in [3.05, 3.63) is 65.0 Å². The van der Waals surface area contributed by atoms with Crippen molar-refractivity contribution in [3.8, 4) is 11.4 Å². The fourth-order valence-corrected chi connectivity index (χ4v) is 3.72. The smallest absolute Gasteiger partial charge is 0.322 e. The number of benzene rings is 2. The van der Waals surface area contributed by atoms with Crippen LogP contribution in [0.25, 0.3) is 11.4 Å². The van der Waals surface area contributed by atoms with Crippen LogP contribution in [0.3, 0.4) is 0 Å². The maximum Gasteiger partial charge on any atom is 0.322 e. The van der Waals surface area contributed by atoms with Gasteiger partial charge in [0.15, 0.2) is 0 Å². The van der Waals surface area contributed by atoms with Gasteiger partial charge in [0.1, 0.15) is 6.04 Å². The van der Waals surface area contributed by atoms with Gasteiger partial charge in [0.25, 0.3) is 0 Å². The van der Waals surface area contributed by atoms with Crippen molar-refractivity contribution in [2.75, 3.05) is 11.9 Å². The Kier molecular flexibility index (Phi) is 5.34. The van der Waals surface area contributed by atoms with E-state index in [0.717, 1.165) is 41.6 Å². The number of hydrogen-bond donors (Lipinski definition) is 1. The lowest BCUT2D eigenvalue weighted by Crippen LogP contribution is -2.41. The van der Waals surface area contributed by atoms with Gasteiger partial charge in [-0.15, -0.1) is 0 Å². The lowest BCUT2D eigenvalue weighted by atomic mass is 10.0. The molecule has 1 aromatic heterocycles. The maximum atomic E-state index is 13.0. The van der Waals surface area contributed by atoms with Gasteiger partial charge in [-0.05, 0) is 69.4 Å². The van der Waals surface area contributed by atoms with Gasteiger partial charge >= 0.3 is 6.03 Å². The number of rotatable bonds is 3. The molecule has 1 unspecified atom stereocenters. The molecule has 1 atom stereocenters. The highest BCUT2D eigenvalue weighted by Crippen LogP contribution is 2.32. The van der Waals surface area contributed by atoms with E-state index >= 15 is 0 Å². The van der Waals surface area contributed by atoms with Crippen LogP contribution in [-0.4, -0.2) is 27.6 Å². The summed E-state index contributed by atoms with van der Waals surface area (Å²) in [5, 5.41) is 7.18. The van der Waals surface area contributed by atoms with Gasteiger partial charge in [-0.25, -0.2) is 4.79 Å². The van der Waals surface area contributed by atoms with Crippen molar-refractivity contribution in [1.29, 1.82) is 0 Å². The summed E-state index contributed by atoms with van der Waals surface area (Å²) in [6, 6.07) is 13.6. The van der Waals surface area contributed by atoms with E-state index in [1.807, 2.05) is 61.2 Å². The summed E-state index contributed by atoms with van der Waals surface area (Å²) in [6.45, 7) is 6.80. The van der Waals surface area contributed by atoms with Gasteiger partial charge < -0.3 is 14.7 Å². The summed E-state index contributed by atoms with van der Waals surface area (Å²) < 4.78 is 5.58. The highest BCUT2D eigenvalue weighted by atomic mass is 16.5. The zero-order chi connectivity index (χ0) is 20.4. The zero-order valence-electron chi connectivity index (χ0n) is 17.1. The van der Waals surface area contributed by atoms with Crippen molar-refractivity contribution in [2.24, 2.45) is 0 Å². The molecular formula is C23H26N4O2. The highest BCUT2D eigenvalue weighted by Gasteiger charge is 2.32. The van der Waals surface area contributed by atoms with Crippen LogP contribution < -0.4 is 5.32 Å². The summed E-state index contributed by atoms with van der Waals surface area (Å²) in [6.07, 6.45) is 2.81. The minimum atomic E-state index is -0.207. The number of nitrogens with zero attached hydrogens (tertiary/aromatic N) is 3. The third-order valence-corrected chi connectivity index (χ3v) is 5.52. The molecule has 0 aliphatic carbocycles. The first-order valence-corrected chi connectivity index (χ1v) is 10.1. The largest absolute Gasteiger partial charge is 0.337 e. The molecule has 1 saturated heterocycles. The summed E-state index contributed by atoms with van der Waals surface area (Å²) in [5.41, 5.74) is 5.21. The minimum absolute atomic E-state index is 0.131. The summed E-state index contributed by atoms with van der Waals surface area (Å²) in [4.78, 5) is 19.4. The quantitative estimate of drug-likeness (QED) is 0.648. The van der Waals surface area contributed by atoms with Gasteiger partial charge in [-0.3, -0.25) is 0 Å². The number of amides is 2. The zero-order valence-corrected chi connectivity index (χ0v) is 17.1. The van der Waals surface area contributed by atoms with Crippen LogP contribution >= 0.6 is 0 Å². The lowest BCUT2D eigenvalue weighted by molar-refractivity contribution is 0.142. The minimum Gasteiger partial charge on any atom is -0.337 e. The van der Waals surface area contributed by atoms with Gasteiger partial charge in [-0.2, -0.15) is 4.98 Å². The van der Waals surface area contributed by atoms with Crippen LogP contribution in [-0.2, 0) is 0 Å². The van der Waals surface area contributed by atoms with Crippen molar-refractivity contribution in [1.82, 2.24) is 15.0 Å². The molecule has 29 heavy (non-hydrogen) atoms.